The first-order valence-corrected chi connectivity index (χ1v) is 11.8. The molecule has 14 heteroatoms. The van der Waals surface area contributed by atoms with Gasteiger partial charge in [0.2, 0.25) is 5.91 Å². The lowest BCUT2D eigenvalue weighted by molar-refractivity contribution is -0.116. The smallest absolute Gasteiger partial charge is 0.280 e. The maximum atomic E-state index is 14.1. The van der Waals surface area contributed by atoms with E-state index in [1.807, 2.05) is 0 Å². The molecule has 204 valence electrons. The van der Waals surface area contributed by atoms with E-state index in [1.54, 1.807) is 0 Å². The normalized spacial score (nSPS) is 12.5. The number of nitrogens with zero attached hydrogens (tertiary/aromatic N) is 5. The molecule has 0 aliphatic carbocycles. The Kier molecular flexibility index (Phi) is 6.92. The lowest BCUT2D eigenvalue weighted by Gasteiger charge is -2.18. The van der Waals surface area contributed by atoms with Crippen LogP contribution in [0.3, 0.4) is 0 Å². The number of anilines is 2. The molecule has 0 unspecified atom stereocenters. The van der Waals surface area contributed by atoms with E-state index in [-0.39, 0.29) is 53.0 Å². The third-order valence-corrected chi connectivity index (χ3v) is 6.08. The van der Waals surface area contributed by atoms with E-state index < -0.39 is 41.5 Å². The number of fused-ring (bicyclic) bond motifs is 2. The number of halogens is 2. The number of amides is 3. The van der Waals surface area contributed by atoms with E-state index in [4.69, 9.17) is 4.74 Å². The summed E-state index contributed by atoms with van der Waals surface area (Å²) in [5.41, 5.74) is -0.880. The van der Waals surface area contributed by atoms with Crippen LogP contribution in [0.1, 0.15) is 26.5 Å². The number of aromatic nitrogens is 4. The number of ether oxygens (including phenoxy) is 1. The number of pyridine rings is 1. The van der Waals surface area contributed by atoms with Gasteiger partial charge in [-0.05, 0) is 24.3 Å². The van der Waals surface area contributed by atoms with Gasteiger partial charge in [0.15, 0.2) is 5.69 Å². The average molecular weight is 549 g/mol. The first kappa shape index (κ1) is 26.4. The Morgan fingerprint density at radius 2 is 1.90 bits per heavy atom. The Morgan fingerprint density at radius 3 is 2.60 bits per heavy atom. The molecule has 2 N–H and O–H groups in total. The third kappa shape index (κ3) is 4.82. The number of hydrogen-bond donors (Lipinski definition) is 2. The van der Waals surface area contributed by atoms with Gasteiger partial charge in [0.05, 0.1) is 30.6 Å². The first-order chi connectivity index (χ1) is 19.2. The molecule has 0 atom stereocenters. The van der Waals surface area contributed by atoms with Gasteiger partial charge in [-0.15, -0.1) is 0 Å². The van der Waals surface area contributed by atoms with Gasteiger partial charge in [0.25, 0.3) is 17.4 Å². The maximum absolute atomic E-state index is 14.1. The summed E-state index contributed by atoms with van der Waals surface area (Å²) in [5.74, 6) is -3.30. The number of benzene rings is 1. The Balaban J connectivity index is 1.57. The largest absolute Gasteiger partial charge is 0.379 e. The van der Waals surface area contributed by atoms with Gasteiger partial charge >= 0.3 is 0 Å². The summed E-state index contributed by atoms with van der Waals surface area (Å²) in [6, 6.07) is 9.07. The van der Waals surface area contributed by atoms with E-state index in [0.717, 1.165) is 22.8 Å². The van der Waals surface area contributed by atoms with E-state index in [1.165, 1.54) is 46.9 Å². The molecule has 0 saturated carbocycles. The number of para-hydroxylation sites is 1. The molecule has 40 heavy (non-hydrogen) atoms. The first-order valence-electron chi connectivity index (χ1n) is 11.8. The minimum Gasteiger partial charge on any atom is -0.379 e. The predicted octanol–water partition coefficient (Wildman–Crippen LogP) is 2.18. The van der Waals surface area contributed by atoms with Crippen molar-refractivity contribution in [2.45, 2.75) is 13.1 Å². The van der Waals surface area contributed by atoms with E-state index in [0.29, 0.717) is 0 Å². The molecule has 3 amide bonds. The fourth-order valence-corrected chi connectivity index (χ4v) is 4.26. The van der Waals surface area contributed by atoms with Crippen molar-refractivity contribution in [1.29, 1.82) is 0 Å². The van der Waals surface area contributed by atoms with Crippen molar-refractivity contribution >= 4 is 34.9 Å². The monoisotopic (exact) mass is 549 g/mol. The summed E-state index contributed by atoms with van der Waals surface area (Å²) in [6.45, 7) is 3.18. The van der Waals surface area contributed by atoms with Crippen molar-refractivity contribution < 1.29 is 27.9 Å². The molecular formula is C26H21F2N7O5. The molecule has 1 aliphatic rings. The van der Waals surface area contributed by atoms with Crippen molar-refractivity contribution in [3.05, 3.63) is 99.9 Å². The molecule has 4 heterocycles. The molecule has 0 radical (unpaired) electrons. The number of nitrogens with one attached hydrogen (secondary N) is 2. The SMILES string of the molecule is C=C(COC)N1Cc2c(n(CC(=O)Nc3ccc(F)cn3)c3cc(C(=O)Nc4ccccc4F)nn3c2=O)C1=O. The molecule has 12 nitrogen and oxygen atoms in total. The van der Waals surface area contributed by atoms with Gasteiger partial charge in [-0.3, -0.25) is 19.2 Å². The fraction of sp³-hybridized carbons (Fsp3) is 0.154. The van der Waals surface area contributed by atoms with Crippen LogP contribution in [0.4, 0.5) is 20.3 Å². The third-order valence-electron chi connectivity index (χ3n) is 6.08. The summed E-state index contributed by atoms with van der Waals surface area (Å²) in [6.07, 6.45) is 0.922. The molecule has 1 aliphatic heterocycles. The van der Waals surface area contributed by atoms with Crippen LogP contribution in [0.25, 0.3) is 5.65 Å². The highest BCUT2D eigenvalue weighted by molar-refractivity contribution is 6.04. The molecular weight excluding hydrogens is 528 g/mol. The molecule has 4 aromatic rings. The van der Waals surface area contributed by atoms with Crippen LogP contribution in [0.2, 0.25) is 0 Å². The van der Waals surface area contributed by atoms with Gasteiger partial charge in [-0.1, -0.05) is 18.7 Å². The highest BCUT2D eigenvalue weighted by Crippen LogP contribution is 2.26. The lowest BCUT2D eigenvalue weighted by atomic mass is 10.2. The lowest BCUT2D eigenvalue weighted by Crippen LogP contribution is -2.30. The zero-order valence-corrected chi connectivity index (χ0v) is 21.0. The van der Waals surface area contributed by atoms with Crippen LogP contribution in [-0.4, -0.2) is 55.5 Å². The molecule has 0 spiro atoms. The van der Waals surface area contributed by atoms with Crippen LogP contribution in [-0.2, 0) is 22.6 Å². The summed E-state index contributed by atoms with van der Waals surface area (Å²) < 4.78 is 34.5. The van der Waals surface area contributed by atoms with Crippen LogP contribution in [0.15, 0.2) is 65.7 Å². The number of carbonyl (C=O) groups excluding carboxylic acids is 3. The summed E-state index contributed by atoms with van der Waals surface area (Å²) in [7, 11) is 1.42. The second kappa shape index (κ2) is 10.5. The van der Waals surface area contributed by atoms with Gasteiger partial charge in [0.1, 0.15) is 35.3 Å². The second-order valence-corrected chi connectivity index (χ2v) is 8.75. The van der Waals surface area contributed by atoms with Crippen molar-refractivity contribution in [3.63, 3.8) is 0 Å². The number of methoxy groups -OCH3 is 1. The number of hydrogen-bond acceptors (Lipinski definition) is 7. The highest BCUT2D eigenvalue weighted by atomic mass is 19.1. The van der Waals surface area contributed by atoms with Crippen LogP contribution < -0.4 is 16.2 Å². The quantitative estimate of drug-likeness (QED) is 0.343. The average Bonchev–Trinajstić information content (AvgIpc) is 3.52. The maximum Gasteiger partial charge on any atom is 0.280 e. The molecule has 0 bridgehead atoms. The minimum atomic E-state index is -0.818. The van der Waals surface area contributed by atoms with Crippen molar-refractivity contribution in [3.8, 4) is 0 Å². The summed E-state index contributed by atoms with van der Waals surface area (Å²) in [4.78, 5) is 57.8. The molecule has 3 aromatic heterocycles. The topological polar surface area (TPSA) is 140 Å². The van der Waals surface area contributed by atoms with E-state index >= 15 is 0 Å². The molecule has 1 aromatic carbocycles. The highest BCUT2D eigenvalue weighted by Gasteiger charge is 2.36. The van der Waals surface area contributed by atoms with E-state index in [9.17, 15) is 28.0 Å². The van der Waals surface area contributed by atoms with Crippen molar-refractivity contribution in [2.24, 2.45) is 0 Å². The Labute approximate surface area is 224 Å². The van der Waals surface area contributed by atoms with Crippen molar-refractivity contribution in [1.82, 2.24) is 24.1 Å². The Morgan fingerprint density at radius 1 is 1.12 bits per heavy atom. The Hall–Kier alpha value is -5.24. The zero-order valence-electron chi connectivity index (χ0n) is 21.0. The number of rotatable bonds is 8. The van der Waals surface area contributed by atoms with Gasteiger partial charge in [-0.25, -0.2) is 13.8 Å². The van der Waals surface area contributed by atoms with Crippen LogP contribution >= 0.6 is 0 Å². The number of carbonyl (C=O) groups is 3. The Bertz CT molecular complexity index is 1750. The molecule has 0 saturated heterocycles. The summed E-state index contributed by atoms with van der Waals surface area (Å²) in [5, 5.41) is 8.98. The van der Waals surface area contributed by atoms with Gasteiger partial charge < -0.3 is 24.8 Å². The van der Waals surface area contributed by atoms with E-state index in [2.05, 4.69) is 27.3 Å². The zero-order chi connectivity index (χ0) is 28.6. The molecule has 5 rings (SSSR count). The van der Waals surface area contributed by atoms with Gasteiger partial charge in [0, 0.05) is 18.9 Å². The second-order valence-electron chi connectivity index (χ2n) is 8.75. The predicted molar refractivity (Wildman–Crippen MR) is 138 cm³/mol. The van der Waals surface area contributed by atoms with Gasteiger partial charge in [-0.2, -0.15) is 9.61 Å². The van der Waals surface area contributed by atoms with Crippen molar-refractivity contribution in [2.75, 3.05) is 24.4 Å². The van der Waals surface area contributed by atoms with Crippen LogP contribution in [0, 0.1) is 11.6 Å². The standard InChI is InChI=1S/C26H21F2N7O5/c1-14(13-40-2)33-11-16-23(26(33)39)34(12-21(36)31-20-8-7-15(27)10-29-20)22-9-19(32-35(22)25(16)38)24(37)30-18-6-4-3-5-17(18)28/h3-10H,1,11-13H2,2H3,(H,30,37)(H,29,31,36). The summed E-state index contributed by atoms with van der Waals surface area (Å²) >= 11 is 0. The minimum absolute atomic E-state index is 0.0160. The fourth-order valence-electron chi connectivity index (χ4n) is 4.26. The van der Waals surface area contributed by atoms with Crippen LogP contribution in [0.5, 0.6) is 0 Å². The molecule has 0 fully saturated rings.